The Kier molecular flexibility index (Phi) is 4.92. The van der Waals surface area contributed by atoms with Crippen LogP contribution in [0.5, 0.6) is 0 Å². The van der Waals surface area contributed by atoms with Gasteiger partial charge in [0.05, 0.1) is 23.5 Å². The van der Waals surface area contributed by atoms with Crippen LogP contribution in [0, 0.1) is 0 Å². The minimum Gasteiger partial charge on any atom is -0.351 e. The third-order valence-corrected chi connectivity index (χ3v) is 5.96. The molecular formula is C26H20ClN3O. The van der Waals surface area contributed by atoms with Crippen molar-refractivity contribution in [1.82, 2.24) is 14.5 Å². The molecule has 5 heteroatoms. The minimum atomic E-state index is -0.0613. The maximum atomic E-state index is 12.6. The Labute approximate surface area is 184 Å². The number of rotatable bonds is 4. The highest BCUT2D eigenvalue weighted by atomic mass is 35.5. The number of halogens is 1. The van der Waals surface area contributed by atoms with Gasteiger partial charge in [-0.2, -0.15) is 0 Å². The summed E-state index contributed by atoms with van der Waals surface area (Å²) >= 11 is 6.13. The number of hydrogen-bond acceptors (Lipinski definition) is 2. The van der Waals surface area contributed by atoms with Crippen LogP contribution in [-0.2, 0) is 7.05 Å². The summed E-state index contributed by atoms with van der Waals surface area (Å²) < 4.78 is 1.69. The minimum absolute atomic E-state index is 0.0272. The molecule has 5 aromatic rings. The lowest BCUT2D eigenvalue weighted by Gasteiger charge is -2.19. The quantitative estimate of drug-likeness (QED) is 0.398. The number of fused-ring (bicyclic) bond motifs is 1. The molecule has 2 aromatic heterocycles. The summed E-state index contributed by atoms with van der Waals surface area (Å²) in [6.45, 7) is 0. The second kappa shape index (κ2) is 7.89. The van der Waals surface area contributed by atoms with Gasteiger partial charge in [-0.15, -0.1) is 0 Å². The molecule has 0 radical (unpaired) electrons. The molecular weight excluding hydrogens is 406 g/mol. The van der Waals surface area contributed by atoms with Gasteiger partial charge in [-0.3, -0.25) is 4.79 Å². The number of nitrogens with zero attached hydrogens (tertiary/aromatic N) is 2. The van der Waals surface area contributed by atoms with E-state index in [1.165, 1.54) is 0 Å². The van der Waals surface area contributed by atoms with Crippen molar-refractivity contribution >= 4 is 22.5 Å². The number of aromatic amines is 1. The smallest absolute Gasteiger partial charge is 0.251 e. The van der Waals surface area contributed by atoms with Crippen molar-refractivity contribution in [3.8, 4) is 11.1 Å². The fraction of sp³-hybridized carbons (Fsp3) is 0.0769. The standard InChI is InChI=1S/C26H20ClN3O/c1-30-24-12-9-19(13-22(24)21(14-25(30)31)17-5-3-2-4-6-17)26(23-15-28-16-29-23)18-7-10-20(27)11-8-18/h2-16,26H,1H3,(H,28,29). The van der Waals surface area contributed by atoms with E-state index >= 15 is 0 Å². The first-order chi connectivity index (χ1) is 15.1. The van der Waals surface area contributed by atoms with Gasteiger partial charge in [0.15, 0.2) is 0 Å². The topological polar surface area (TPSA) is 50.7 Å². The summed E-state index contributed by atoms with van der Waals surface area (Å²) in [6.07, 6.45) is 3.61. The van der Waals surface area contributed by atoms with E-state index in [0.29, 0.717) is 5.02 Å². The fourth-order valence-corrected chi connectivity index (χ4v) is 4.26. The summed E-state index contributed by atoms with van der Waals surface area (Å²) in [5, 5.41) is 1.73. The van der Waals surface area contributed by atoms with Crippen molar-refractivity contribution in [3.05, 3.63) is 124 Å². The van der Waals surface area contributed by atoms with Gasteiger partial charge in [0.1, 0.15) is 0 Å². The predicted octanol–water partition coefficient (Wildman–Crippen LogP) is 5.76. The highest BCUT2D eigenvalue weighted by molar-refractivity contribution is 6.30. The Bertz CT molecular complexity index is 1410. The van der Waals surface area contributed by atoms with E-state index in [1.807, 2.05) is 73.9 Å². The zero-order chi connectivity index (χ0) is 21.4. The summed E-state index contributed by atoms with van der Waals surface area (Å²) in [5.41, 5.74) is 5.93. The third-order valence-electron chi connectivity index (χ3n) is 5.71. The van der Waals surface area contributed by atoms with Crippen LogP contribution in [0.15, 0.2) is 96.2 Å². The number of benzene rings is 3. The molecule has 0 spiro atoms. The Hall–Kier alpha value is -3.63. The number of aryl methyl sites for hydroxylation is 1. The molecule has 0 bridgehead atoms. The molecule has 0 aliphatic heterocycles. The molecule has 152 valence electrons. The second-order valence-electron chi connectivity index (χ2n) is 7.58. The molecule has 4 nitrogen and oxygen atoms in total. The van der Waals surface area contributed by atoms with Crippen LogP contribution in [0.2, 0.25) is 5.02 Å². The lowest BCUT2D eigenvalue weighted by molar-refractivity contribution is 0.902. The van der Waals surface area contributed by atoms with Gasteiger partial charge in [-0.1, -0.05) is 60.1 Å². The van der Waals surface area contributed by atoms with Crippen molar-refractivity contribution < 1.29 is 0 Å². The van der Waals surface area contributed by atoms with Crippen LogP contribution < -0.4 is 5.56 Å². The van der Waals surface area contributed by atoms with Gasteiger partial charge in [-0.05, 0) is 46.5 Å². The molecule has 3 aromatic carbocycles. The number of aromatic nitrogens is 3. The largest absolute Gasteiger partial charge is 0.351 e. The van der Waals surface area contributed by atoms with E-state index in [0.717, 1.165) is 38.9 Å². The Balaban J connectivity index is 1.77. The zero-order valence-electron chi connectivity index (χ0n) is 16.9. The maximum Gasteiger partial charge on any atom is 0.251 e. The predicted molar refractivity (Wildman–Crippen MR) is 126 cm³/mol. The first kappa shape index (κ1) is 19.3. The molecule has 5 rings (SSSR count). The van der Waals surface area contributed by atoms with Crippen LogP contribution in [-0.4, -0.2) is 14.5 Å². The van der Waals surface area contributed by atoms with Gasteiger partial charge in [0, 0.05) is 29.7 Å². The summed E-state index contributed by atoms with van der Waals surface area (Å²) in [5.74, 6) is -0.0613. The lowest BCUT2D eigenvalue weighted by Crippen LogP contribution is -2.16. The molecule has 0 saturated heterocycles. The Morgan fingerprint density at radius 1 is 0.935 bits per heavy atom. The van der Waals surface area contributed by atoms with Gasteiger partial charge in [0.25, 0.3) is 5.56 Å². The van der Waals surface area contributed by atoms with E-state index in [4.69, 9.17) is 11.6 Å². The van der Waals surface area contributed by atoms with E-state index < -0.39 is 0 Å². The van der Waals surface area contributed by atoms with Crippen molar-refractivity contribution in [2.75, 3.05) is 0 Å². The van der Waals surface area contributed by atoms with Crippen LogP contribution in [0.25, 0.3) is 22.0 Å². The Morgan fingerprint density at radius 2 is 1.68 bits per heavy atom. The van der Waals surface area contributed by atoms with E-state index in [-0.39, 0.29) is 11.5 Å². The van der Waals surface area contributed by atoms with E-state index in [9.17, 15) is 4.79 Å². The molecule has 0 aliphatic carbocycles. The average molecular weight is 426 g/mol. The van der Waals surface area contributed by atoms with Crippen LogP contribution >= 0.6 is 11.6 Å². The summed E-state index contributed by atoms with van der Waals surface area (Å²) in [4.78, 5) is 20.2. The van der Waals surface area contributed by atoms with Gasteiger partial charge in [0.2, 0.25) is 0 Å². The maximum absolute atomic E-state index is 12.6. The lowest BCUT2D eigenvalue weighted by atomic mass is 9.87. The number of nitrogens with one attached hydrogen (secondary N) is 1. The number of pyridine rings is 1. The highest BCUT2D eigenvalue weighted by Gasteiger charge is 2.20. The average Bonchev–Trinajstić information content (AvgIpc) is 3.33. The van der Waals surface area contributed by atoms with Crippen molar-refractivity contribution in [1.29, 1.82) is 0 Å². The first-order valence-corrected chi connectivity index (χ1v) is 10.4. The number of hydrogen-bond donors (Lipinski definition) is 1. The molecule has 1 N–H and O–H groups in total. The molecule has 2 heterocycles. The Morgan fingerprint density at radius 3 is 2.39 bits per heavy atom. The van der Waals surface area contributed by atoms with E-state index in [2.05, 4.69) is 22.1 Å². The zero-order valence-corrected chi connectivity index (χ0v) is 17.7. The van der Waals surface area contributed by atoms with Crippen LogP contribution in [0.3, 0.4) is 0 Å². The van der Waals surface area contributed by atoms with Crippen LogP contribution in [0.1, 0.15) is 22.7 Å². The highest BCUT2D eigenvalue weighted by Crippen LogP contribution is 2.35. The van der Waals surface area contributed by atoms with Crippen molar-refractivity contribution in [3.63, 3.8) is 0 Å². The van der Waals surface area contributed by atoms with Gasteiger partial charge >= 0.3 is 0 Å². The number of H-pyrrole nitrogens is 1. The molecule has 0 aliphatic rings. The summed E-state index contributed by atoms with van der Waals surface area (Å²) in [6, 6.07) is 25.9. The molecule has 31 heavy (non-hydrogen) atoms. The van der Waals surface area contributed by atoms with Crippen LogP contribution in [0.4, 0.5) is 0 Å². The van der Waals surface area contributed by atoms with Gasteiger partial charge in [-0.25, -0.2) is 4.98 Å². The molecule has 1 atom stereocenters. The summed E-state index contributed by atoms with van der Waals surface area (Å²) in [7, 11) is 1.81. The SMILES string of the molecule is Cn1c(=O)cc(-c2ccccc2)c2cc(C(c3ccc(Cl)cc3)c3c[nH]cn3)ccc21. The van der Waals surface area contributed by atoms with Crippen molar-refractivity contribution in [2.45, 2.75) is 5.92 Å². The van der Waals surface area contributed by atoms with E-state index in [1.54, 1.807) is 17.0 Å². The normalized spacial score (nSPS) is 12.2. The molecule has 1 unspecified atom stereocenters. The third kappa shape index (κ3) is 3.56. The monoisotopic (exact) mass is 425 g/mol. The number of imidazole rings is 1. The molecule has 0 fully saturated rings. The molecule has 0 saturated carbocycles. The molecule has 0 amide bonds. The first-order valence-electron chi connectivity index (χ1n) is 10.0. The van der Waals surface area contributed by atoms with Crippen molar-refractivity contribution in [2.24, 2.45) is 7.05 Å². The fourth-order valence-electron chi connectivity index (χ4n) is 4.13. The van der Waals surface area contributed by atoms with Gasteiger partial charge < -0.3 is 9.55 Å². The second-order valence-corrected chi connectivity index (χ2v) is 8.01.